The molecule has 0 aliphatic rings. The van der Waals surface area contributed by atoms with E-state index in [0.717, 1.165) is 17.0 Å². The Morgan fingerprint density at radius 1 is 0.938 bits per heavy atom. The quantitative estimate of drug-likeness (QED) is 0.493. The molecular weight excluding hydrogens is 430 g/mol. The summed E-state index contributed by atoms with van der Waals surface area (Å²) < 4.78 is 29.5. The smallest absolute Gasteiger partial charge is 0.269 e. The van der Waals surface area contributed by atoms with Gasteiger partial charge in [-0.3, -0.25) is 29.8 Å². The first-order chi connectivity index (χ1) is 15.0. The molecule has 0 unspecified atom stereocenters. The Labute approximate surface area is 186 Å². The number of benzene rings is 2. The van der Waals surface area contributed by atoms with Crippen LogP contribution in [0.4, 0.5) is 5.69 Å². The lowest BCUT2D eigenvalue weighted by atomic mass is 10.2. The zero-order valence-electron chi connectivity index (χ0n) is 18.3. The molecule has 9 nitrogen and oxygen atoms in total. The van der Waals surface area contributed by atoms with Gasteiger partial charge in [0.15, 0.2) is 0 Å². The summed E-state index contributed by atoms with van der Waals surface area (Å²) in [5.74, 6) is -0.960. The highest BCUT2D eigenvalue weighted by Crippen LogP contribution is 2.21. The number of hydrogen-bond donors (Lipinski definition) is 3. The molecule has 1 heterocycles. The zero-order chi connectivity index (χ0) is 23.5. The van der Waals surface area contributed by atoms with Crippen molar-refractivity contribution in [2.45, 2.75) is 39.1 Å². The summed E-state index contributed by atoms with van der Waals surface area (Å²) in [4.78, 5) is 24.5. The first-order valence-corrected chi connectivity index (χ1v) is 11.3. The Balaban J connectivity index is 1.60. The van der Waals surface area contributed by atoms with Gasteiger partial charge >= 0.3 is 0 Å². The van der Waals surface area contributed by atoms with Crippen LogP contribution in [0.15, 0.2) is 53.4 Å². The molecule has 1 aromatic heterocycles. The summed E-state index contributed by atoms with van der Waals surface area (Å²) in [6, 6.07) is 12.9. The normalized spacial score (nSPS) is 11.1. The standard InChI is InChI=1S/C22H25N5O4S/c1-14-5-6-15(2)20(11-14)32(30,31)26-19-9-7-18(8-10-19)22(29)24-23-21(28)13-27-17(4)12-16(3)25-27/h5-12,26H,13H2,1-4H3,(H,23,28)(H,24,29). The van der Waals surface area contributed by atoms with Crippen LogP contribution >= 0.6 is 0 Å². The van der Waals surface area contributed by atoms with E-state index in [-0.39, 0.29) is 17.0 Å². The van der Waals surface area contributed by atoms with Crippen LogP contribution in [0.25, 0.3) is 0 Å². The lowest BCUT2D eigenvalue weighted by molar-refractivity contribution is -0.122. The van der Waals surface area contributed by atoms with Gasteiger partial charge in [-0.15, -0.1) is 0 Å². The van der Waals surface area contributed by atoms with E-state index >= 15 is 0 Å². The van der Waals surface area contributed by atoms with E-state index in [2.05, 4.69) is 20.7 Å². The second-order valence-corrected chi connectivity index (χ2v) is 9.19. The van der Waals surface area contributed by atoms with E-state index < -0.39 is 21.8 Å². The third-order valence-corrected chi connectivity index (χ3v) is 6.27. The maximum absolute atomic E-state index is 12.7. The van der Waals surface area contributed by atoms with Gasteiger partial charge in [0.25, 0.3) is 21.8 Å². The van der Waals surface area contributed by atoms with E-state index in [1.54, 1.807) is 19.1 Å². The summed E-state index contributed by atoms with van der Waals surface area (Å²) in [6.07, 6.45) is 0. The highest BCUT2D eigenvalue weighted by Gasteiger charge is 2.17. The number of nitrogens with zero attached hydrogens (tertiary/aromatic N) is 2. The Hall–Kier alpha value is -3.66. The van der Waals surface area contributed by atoms with Crippen LogP contribution in [0.1, 0.15) is 32.9 Å². The van der Waals surface area contributed by atoms with Gasteiger partial charge in [0.1, 0.15) is 6.54 Å². The molecule has 168 valence electrons. The first kappa shape index (κ1) is 23.0. The number of aromatic nitrogens is 2. The highest BCUT2D eigenvalue weighted by molar-refractivity contribution is 7.92. The minimum atomic E-state index is -3.77. The fourth-order valence-electron chi connectivity index (χ4n) is 3.11. The van der Waals surface area contributed by atoms with Crippen LogP contribution < -0.4 is 15.6 Å². The molecule has 3 aromatic rings. The van der Waals surface area contributed by atoms with E-state index in [1.165, 1.54) is 28.9 Å². The van der Waals surface area contributed by atoms with E-state index in [9.17, 15) is 18.0 Å². The van der Waals surface area contributed by atoms with Crippen molar-refractivity contribution in [1.82, 2.24) is 20.6 Å². The second kappa shape index (κ2) is 9.23. The Morgan fingerprint density at radius 3 is 2.25 bits per heavy atom. The molecule has 2 aromatic carbocycles. The van der Waals surface area contributed by atoms with Crippen molar-refractivity contribution >= 4 is 27.5 Å². The van der Waals surface area contributed by atoms with Crippen molar-refractivity contribution in [2.75, 3.05) is 4.72 Å². The first-order valence-electron chi connectivity index (χ1n) is 9.85. The molecule has 0 spiro atoms. The van der Waals surface area contributed by atoms with E-state index in [0.29, 0.717) is 11.3 Å². The largest absolute Gasteiger partial charge is 0.280 e. The Kier molecular flexibility index (Phi) is 6.64. The van der Waals surface area contributed by atoms with Gasteiger partial charge in [-0.1, -0.05) is 12.1 Å². The van der Waals surface area contributed by atoms with Gasteiger partial charge in [0.05, 0.1) is 10.6 Å². The SMILES string of the molecule is Cc1ccc(C)c(S(=O)(=O)Nc2ccc(C(=O)NNC(=O)Cn3nc(C)cc3C)cc2)c1. The van der Waals surface area contributed by atoms with Crippen molar-refractivity contribution in [1.29, 1.82) is 0 Å². The second-order valence-electron chi connectivity index (χ2n) is 7.54. The summed E-state index contributed by atoms with van der Waals surface area (Å²) in [7, 11) is -3.77. The van der Waals surface area contributed by atoms with Crippen LogP contribution in [-0.2, 0) is 21.4 Å². The minimum absolute atomic E-state index is 0.0287. The summed E-state index contributed by atoms with van der Waals surface area (Å²) in [5.41, 5.74) is 8.35. The maximum Gasteiger partial charge on any atom is 0.269 e. The van der Waals surface area contributed by atoms with Crippen LogP contribution in [0.5, 0.6) is 0 Å². The Morgan fingerprint density at radius 2 is 1.62 bits per heavy atom. The van der Waals surface area contributed by atoms with Crippen LogP contribution in [0, 0.1) is 27.7 Å². The van der Waals surface area contributed by atoms with E-state index in [1.807, 2.05) is 32.9 Å². The molecule has 0 aliphatic heterocycles. The number of aryl methyl sites for hydroxylation is 4. The molecule has 3 rings (SSSR count). The van der Waals surface area contributed by atoms with Crippen molar-refractivity contribution in [3.63, 3.8) is 0 Å². The molecule has 0 bridgehead atoms. The van der Waals surface area contributed by atoms with E-state index in [4.69, 9.17) is 0 Å². The number of rotatable bonds is 6. The average molecular weight is 456 g/mol. The number of hydrogen-bond acceptors (Lipinski definition) is 5. The number of carbonyl (C=O) groups excluding carboxylic acids is 2. The molecule has 0 saturated carbocycles. The van der Waals surface area contributed by atoms with Crippen molar-refractivity contribution in [3.8, 4) is 0 Å². The maximum atomic E-state index is 12.7. The predicted molar refractivity (Wildman–Crippen MR) is 120 cm³/mol. The number of sulfonamides is 1. The summed E-state index contributed by atoms with van der Waals surface area (Å²) >= 11 is 0. The van der Waals surface area contributed by atoms with Crippen molar-refractivity contribution < 1.29 is 18.0 Å². The van der Waals surface area contributed by atoms with Gasteiger partial charge in [0.2, 0.25) is 0 Å². The average Bonchev–Trinajstić information content (AvgIpc) is 3.04. The molecule has 10 heteroatoms. The molecule has 0 fully saturated rings. The molecule has 0 aliphatic carbocycles. The third-order valence-electron chi connectivity index (χ3n) is 4.74. The van der Waals surface area contributed by atoms with Crippen LogP contribution in [0.3, 0.4) is 0 Å². The van der Waals surface area contributed by atoms with Gasteiger partial charge in [-0.2, -0.15) is 5.10 Å². The molecular formula is C22H25N5O4S. The van der Waals surface area contributed by atoms with Crippen LogP contribution in [-0.4, -0.2) is 30.0 Å². The van der Waals surface area contributed by atoms with Crippen LogP contribution in [0.2, 0.25) is 0 Å². The van der Waals surface area contributed by atoms with Crippen molar-refractivity contribution in [2.24, 2.45) is 0 Å². The lowest BCUT2D eigenvalue weighted by Crippen LogP contribution is -2.43. The fraction of sp³-hybridized carbons (Fsp3) is 0.227. The number of anilines is 1. The van der Waals surface area contributed by atoms with Gasteiger partial charge in [0, 0.05) is 16.9 Å². The topological polar surface area (TPSA) is 122 Å². The molecule has 0 radical (unpaired) electrons. The fourth-order valence-corrected chi connectivity index (χ4v) is 4.50. The molecule has 0 atom stereocenters. The molecule has 2 amide bonds. The summed E-state index contributed by atoms with van der Waals surface area (Å²) in [6.45, 7) is 7.18. The van der Waals surface area contributed by atoms with Gasteiger partial charge in [-0.25, -0.2) is 8.42 Å². The molecule has 3 N–H and O–H groups in total. The van der Waals surface area contributed by atoms with Gasteiger partial charge < -0.3 is 0 Å². The zero-order valence-corrected chi connectivity index (χ0v) is 19.1. The van der Waals surface area contributed by atoms with Crippen molar-refractivity contribution in [3.05, 3.63) is 76.6 Å². The van der Waals surface area contributed by atoms with Gasteiger partial charge in [-0.05, 0) is 75.2 Å². The lowest BCUT2D eigenvalue weighted by Gasteiger charge is -2.12. The number of nitrogens with one attached hydrogen (secondary N) is 3. The monoisotopic (exact) mass is 455 g/mol. The minimum Gasteiger partial charge on any atom is -0.280 e. The number of hydrazine groups is 1. The third kappa shape index (κ3) is 5.52. The number of amides is 2. The molecule has 32 heavy (non-hydrogen) atoms. The Bertz CT molecular complexity index is 1260. The number of carbonyl (C=O) groups is 2. The molecule has 0 saturated heterocycles. The predicted octanol–water partition coefficient (Wildman–Crippen LogP) is 2.38. The highest BCUT2D eigenvalue weighted by atomic mass is 32.2. The summed E-state index contributed by atoms with van der Waals surface area (Å²) in [5, 5.41) is 4.19.